The smallest absolute Gasteiger partial charge is 0.220 e. The van der Waals surface area contributed by atoms with Gasteiger partial charge in [-0.1, -0.05) is 309 Å². The molecule has 3 unspecified atom stereocenters. The van der Waals surface area contributed by atoms with E-state index in [4.69, 9.17) is 0 Å². The molecule has 4 N–H and O–H groups in total. The number of hydrogen-bond acceptors (Lipinski definition) is 4. The summed E-state index contributed by atoms with van der Waals surface area (Å²) in [4.78, 5) is 12.5. The van der Waals surface area contributed by atoms with Crippen LogP contribution in [0.25, 0.3) is 0 Å². The van der Waals surface area contributed by atoms with Crippen LogP contribution < -0.4 is 5.32 Å². The summed E-state index contributed by atoms with van der Waals surface area (Å²) in [5, 5.41) is 33.7. The van der Waals surface area contributed by atoms with Crippen LogP contribution >= 0.6 is 0 Å². The molecule has 0 aromatic heterocycles. The van der Waals surface area contributed by atoms with E-state index in [1.54, 1.807) is 0 Å². The normalized spacial score (nSPS) is 13.2. The first-order valence-electron chi connectivity index (χ1n) is 30.0. The Morgan fingerprint density at radius 3 is 0.892 bits per heavy atom. The van der Waals surface area contributed by atoms with Gasteiger partial charge >= 0.3 is 0 Å². The van der Waals surface area contributed by atoms with Crippen LogP contribution in [0, 0.1) is 0 Å². The van der Waals surface area contributed by atoms with E-state index in [9.17, 15) is 20.1 Å². The third-order valence-electron chi connectivity index (χ3n) is 14.4. The van der Waals surface area contributed by atoms with Gasteiger partial charge < -0.3 is 20.6 Å². The van der Waals surface area contributed by atoms with E-state index in [-0.39, 0.29) is 12.5 Å². The van der Waals surface area contributed by atoms with Crippen molar-refractivity contribution in [2.24, 2.45) is 0 Å². The lowest BCUT2D eigenvalue weighted by atomic mass is 10.0. The fraction of sp³-hybridized carbons (Fsp3) is 0.950. The third-order valence-corrected chi connectivity index (χ3v) is 14.4. The predicted molar refractivity (Wildman–Crippen MR) is 287 cm³/mol. The van der Waals surface area contributed by atoms with E-state index in [0.29, 0.717) is 12.8 Å². The number of carbonyl (C=O) groups excluding carboxylic acids is 1. The van der Waals surface area contributed by atoms with Gasteiger partial charge in [0.1, 0.15) is 6.10 Å². The van der Waals surface area contributed by atoms with Gasteiger partial charge in [0.2, 0.25) is 5.91 Å². The second kappa shape index (κ2) is 55.7. The molecule has 0 radical (unpaired) electrons. The fourth-order valence-electron chi connectivity index (χ4n) is 9.76. The molecule has 1 amide bonds. The molecule has 0 aliphatic rings. The second-order valence-corrected chi connectivity index (χ2v) is 20.9. The molecule has 0 aromatic rings. The third kappa shape index (κ3) is 50.8. The average Bonchev–Trinajstić information content (AvgIpc) is 3.31. The number of hydrogen-bond donors (Lipinski definition) is 4. The maximum atomic E-state index is 12.5. The molecular formula is C60H119NO4. The molecule has 0 saturated carbocycles. The highest BCUT2D eigenvalue weighted by atomic mass is 16.3. The Morgan fingerprint density at radius 1 is 0.369 bits per heavy atom. The minimum atomic E-state index is -1.16. The zero-order valence-electron chi connectivity index (χ0n) is 44.4. The molecule has 65 heavy (non-hydrogen) atoms. The molecule has 3 atom stereocenters. The van der Waals surface area contributed by atoms with Crippen LogP contribution in [0.4, 0.5) is 0 Å². The van der Waals surface area contributed by atoms with Crippen molar-refractivity contribution in [1.82, 2.24) is 5.32 Å². The first kappa shape index (κ1) is 64.1. The van der Waals surface area contributed by atoms with Gasteiger partial charge in [0.25, 0.3) is 0 Å². The molecule has 5 nitrogen and oxygen atoms in total. The summed E-state index contributed by atoms with van der Waals surface area (Å²) in [5.41, 5.74) is 0. The van der Waals surface area contributed by atoms with Gasteiger partial charge in [0, 0.05) is 6.42 Å². The van der Waals surface area contributed by atoms with E-state index in [1.165, 1.54) is 276 Å². The minimum Gasteiger partial charge on any atom is -0.394 e. The second-order valence-electron chi connectivity index (χ2n) is 20.9. The van der Waals surface area contributed by atoms with Gasteiger partial charge in [-0.25, -0.2) is 0 Å². The van der Waals surface area contributed by atoms with Crippen molar-refractivity contribution < 1.29 is 20.1 Å². The summed E-state index contributed by atoms with van der Waals surface area (Å²) < 4.78 is 0. The summed E-state index contributed by atoms with van der Waals surface area (Å²) in [6.45, 7) is 4.20. The maximum Gasteiger partial charge on any atom is 0.220 e. The summed E-state index contributed by atoms with van der Waals surface area (Å²) in [5.74, 6) is -0.147. The van der Waals surface area contributed by atoms with Gasteiger partial charge in [-0.05, 0) is 38.5 Å². The van der Waals surface area contributed by atoms with E-state index in [2.05, 4.69) is 31.3 Å². The maximum absolute atomic E-state index is 12.5. The Hall–Kier alpha value is -0.910. The van der Waals surface area contributed by atoms with Crippen LogP contribution in [-0.4, -0.2) is 46.1 Å². The minimum absolute atomic E-state index is 0.147. The van der Waals surface area contributed by atoms with Crippen molar-refractivity contribution in [3.8, 4) is 0 Å². The molecule has 0 rings (SSSR count). The van der Waals surface area contributed by atoms with E-state index in [1.807, 2.05) is 0 Å². The van der Waals surface area contributed by atoms with Crippen LogP contribution in [-0.2, 0) is 4.79 Å². The highest BCUT2D eigenvalue weighted by molar-refractivity contribution is 5.76. The zero-order chi connectivity index (χ0) is 47.2. The molecule has 5 heteroatoms. The first-order valence-corrected chi connectivity index (χ1v) is 30.0. The molecule has 0 fully saturated rings. The van der Waals surface area contributed by atoms with Gasteiger partial charge in [0.05, 0.1) is 18.8 Å². The lowest BCUT2D eigenvalue weighted by Gasteiger charge is -2.26. The van der Waals surface area contributed by atoms with Crippen molar-refractivity contribution in [3.05, 3.63) is 12.2 Å². The van der Waals surface area contributed by atoms with Crippen molar-refractivity contribution in [2.45, 2.75) is 360 Å². The van der Waals surface area contributed by atoms with Crippen LogP contribution in [0.3, 0.4) is 0 Å². The highest BCUT2D eigenvalue weighted by Gasteiger charge is 2.26. The quantitative estimate of drug-likeness (QED) is 0.0361. The number of aliphatic hydroxyl groups is 3. The molecule has 0 aliphatic carbocycles. The van der Waals surface area contributed by atoms with Crippen LogP contribution in [0.5, 0.6) is 0 Å². The predicted octanol–water partition coefficient (Wildman–Crippen LogP) is 18.7. The molecule has 0 aromatic carbocycles. The van der Waals surface area contributed by atoms with E-state index in [0.717, 1.165) is 38.5 Å². The van der Waals surface area contributed by atoms with Crippen molar-refractivity contribution >= 4 is 5.91 Å². The molecule has 0 bridgehead atoms. The number of rotatable bonds is 56. The lowest BCUT2D eigenvalue weighted by Crippen LogP contribution is -2.50. The highest BCUT2D eigenvalue weighted by Crippen LogP contribution is 2.19. The Morgan fingerprint density at radius 2 is 0.615 bits per heavy atom. The monoisotopic (exact) mass is 918 g/mol. The van der Waals surface area contributed by atoms with Gasteiger partial charge in [0.15, 0.2) is 0 Å². The largest absolute Gasteiger partial charge is 0.394 e. The average molecular weight is 919 g/mol. The summed E-state index contributed by atoms with van der Waals surface area (Å²) in [6.07, 6.45) is 69.7. The molecule has 388 valence electrons. The Kier molecular flexibility index (Phi) is 54.9. The number of carbonyl (C=O) groups is 1. The summed E-state index contributed by atoms with van der Waals surface area (Å²) in [6, 6.07) is -0.822. The topological polar surface area (TPSA) is 89.8 Å². The van der Waals surface area contributed by atoms with Crippen molar-refractivity contribution in [3.63, 3.8) is 0 Å². The SMILES string of the molecule is CCCCCCCCCCCCC/C=C/CCCC(O)C(O)C(CO)NC(=O)CCCCCCCCCCCCCCCCCCCCCCCCCCCCCCCCCCCCC. The molecule has 0 heterocycles. The number of amides is 1. The van der Waals surface area contributed by atoms with E-state index >= 15 is 0 Å². The number of nitrogens with one attached hydrogen (secondary N) is 1. The standard InChI is InChI=1S/C60H119NO4/c1-3-5-7-9-11-13-15-17-19-21-22-23-24-25-26-27-28-29-30-31-32-33-34-35-36-37-38-39-41-43-45-47-49-51-53-55-59(64)61-57(56-62)60(65)58(63)54-52-50-48-46-44-42-40-20-18-16-14-12-10-8-6-4-2/h46,48,57-58,60,62-63,65H,3-45,47,49-56H2,1-2H3,(H,61,64)/b48-46+. The molecular weight excluding hydrogens is 799 g/mol. The fourth-order valence-corrected chi connectivity index (χ4v) is 9.76. The molecule has 0 aliphatic heterocycles. The first-order chi connectivity index (χ1) is 32.1. The van der Waals surface area contributed by atoms with E-state index < -0.39 is 18.2 Å². The zero-order valence-corrected chi connectivity index (χ0v) is 44.4. The Bertz CT molecular complexity index is 925. The lowest BCUT2D eigenvalue weighted by molar-refractivity contribution is -0.124. The Balaban J connectivity index is 3.44. The summed E-state index contributed by atoms with van der Waals surface area (Å²) in [7, 11) is 0. The van der Waals surface area contributed by atoms with Gasteiger partial charge in [-0.2, -0.15) is 0 Å². The van der Waals surface area contributed by atoms with Crippen molar-refractivity contribution in [1.29, 1.82) is 0 Å². The Labute approximate surface area is 408 Å². The van der Waals surface area contributed by atoms with Crippen LogP contribution in [0.15, 0.2) is 12.2 Å². The van der Waals surface area contributed by atoms with Gasteiger partial charge in [-0.3, -0.25) is 4.79 Å². The number of unbranched alkanes of at least 4 members (excludes halogenated alkanes) is 46. The molecule has 0 saturated heterocycles. The van der Waals surface area contributed by atoms with Crippen LogP contribution in [0.2, 0.25) is 0 Å². The van der Waals surface area contributed by atoms with Crippen molar-refractivity contribution in [2.75, 3.05) is 6.61 Å². The number of aliphatic hydroxyl groups excluding tert-OH is 3. The van der Waals surface area contributed by atoms with Crippen LogP contribution in [0.1, 0.15) is 341 Å². The summed E-state index contributed by atoms with van der Waals surface area (Å²) >= 11 is 0. The van der Waals surface area contributed by atoms with Gasteiger partial charge in [-0.15, -0.1) is 0 Å². The molecule has 0 spiro atoms. The number of allylic oxidation sites excluding steroid dienone is 2.